The summed E-state index contributed by atoms with van der Waals surface area (Å²) in [5, 5.41) is 10.2. The number of aliphatic hydroxyl groups excluding tert-OH is 1. The van der Waals surface area contributed by atoms with Gasteiger partial charge in [0.2, 0.25) is 0 Å². The molecule has 3 nitrogen and oxygen atoms in total. The first kappa shape index (κ1) is 11.6. The third-order valence-corrected chi connectivity index (χ3v) is 3.20. The van der Waals surface area contributed by atoms with Crippen LogP contribution in [0.4, 0.5) is 0 Å². The molecule has 1 aliphatic heterocycles. The molecule has 4 heteroatoms. The molecule has 0 aromatic heterocycles. The fourth-order valence-electron chi connectivity index (χ4n) is 1.99. The Morgan fingerprint density at radius 3 is 2.56 bits per heavy atom. The van der Waals surface area contributed by atoms with Gasteiger partial charge in [0, 0.05) is 21.1 Å². The summed E-state index contributed by atoms with van der Waals surface area (Å²) in [4.78, 5) is 13.6. The van der Waals surface area contributed by atoms with Crippen LogP contribution in [0.5, 0.6) is 0 Å². The number of amides is 1. The fourth-order valence-corrected chi connectivity index (χ4v) is 2.37. The van der Waals surface area contributed by atoms with Crippen LogP contribution >= 0.6 is 15.9 Å². The van der Waals surface area contributed by atoms with Crippen LogP contribution < -0.4 is 0 Å². The molecule has 1 aromatic carbocycles. The number of halogens is 1. The molecule has 1 aliphatic rings. The number of nitrogens with zero attached hydrogens (tertiary/aromatic N) is 1. The zero-order chi connectivity index (χ0) is 12.1. The van der Waals surface area contributed by atoms with Gasteiger partial charge in [-0.25, -0.2) is 0 Å². The highest BCUT2D eigenvalue weighted by molar-refractivity contribution is 9.10. The Morgan fingerprint density at radius 2 is 2.00 bits per heavy atom. The van der Waals surface area contributed by atoms with Crippen LogP contribution in [0.2, 0.25) is 0 Å². The van der Waals surface area contributed by atoms with E-state index in [-0.39, 0.29) is 11.4 Å². The van der Waals surface area contributed by atoms with E-state index in [1.54, 1.807) is 12.1 Å². The number of hydrogen-bond acceptors (Lipinski definition) is 2. The third kappa shape index (κ3) is 1.66. The van der Waals surface area contributed by atoms with E-state index < -0.39 is 6.23 Å². The smallest absolute Gasteiger partial charge is 0.257 e. The number of rotatable bonds is 0. The van der Waals surface area contributed by atoms with Crippen molar-refractivity contribution in [2.75, 3.05) is 0 Å². The van der Waals surface area contributed by atoms with Crippen molar-refractivity contribution in [3.8, 4) is 0 Å². The third-order valence-electron chi connectivity index (χ3n) is 2.71. The van der Waals surface area contributed by atoms with Gasteiger partial charge in [-0.3, -0.25) is 4.79 Å². The average Bonchev–Trinajstić information content (AvgIpc) is 2.38. The van der Waals surface area contributed by atoms with E-state index in [0.717, 1.165) is 4.47 Å². The fraction of sp³-hybridized carbons (Fsp3) is 0.417. The molecule has 0 bridgehead atoms. The lowest BCUT2D eigenvalue weighted by atomic mass is 10.1. The van der Waals surface area contributed by atoms with E-state index in [1.807, 2.05) is 26.8 Å². The number of carbonyl (C=O) groups is 1. The van der Waals surface area contributed by atoms with Gasteiger partial charge in [0.25, 0.3) is 5.91 Å². The molecule has 1 atom stereocenters. The van der Waals surface area contributed by atoms with Crippen LogP contribution in [0.15, 0.2) is 22.7 Å². The van der Waals surface area contributed by atoms with Crippen LogP contribution in [0.3, 0.4) is 0 Å². The summed E-state index contributed by atoms with van der Waals surface area (Å²) >= 11 is 3.34. The zero-order valence-corrected chi connectivity index (χ0v) is 11.1. The molecule has 0 aliphatic carbocycles. The molecule has 2 rings (SSSR count). The van der Waals surface area contributed by atoms with Gasteiger partial charge in [0.15, 0.2) is 6.23 Å². The summed E-state index contributed by atoms with van der Waals surface area (Å²) < 4.78 is 0.869. The second kappa shape index (κ2) is 3.57. The Morgan fingerprint density at radius 1 is 1.38 bits per heavy atom. The van der Waals surface area contributed by atoms with E-state index >= 15 is 0 Å². The monoisotopic (exact) mass is 283 g/mol. The van der Waals surface area contributed by atoms with Crippen LogP contribution in [-0.4, -0.2) is 21.5 Å². The van der Waals surface area contributed by atoms with Gasteiger partial charge in [0.05, 0.1) is 0 Å². The lowest BCUT2D eigenvalue weighted by Gasteiger charge is -2.34. The molecule has 1 heterocycles. The Balaban J connectivity index is 2.53. The molecule has 0 radical (unpaired) electrons. The van der Waals surface area contributed by atoms with E-state index in [9.17, 15) is 9.90 Å². The number of carbonyl (C=O) groups excluding carboxylic acids is 1. The average molecular weight is 284 g/mol. The minimum absolute atomic E-state index is 0.109. The molecule has 1 aromatic rings. The summed E-state index contributed by atoms with van der Waals surface area (Å²) in [7, 11) is 0. The van der Waals surface area contributed by atoms with Crippen LogP contribution in [-0.2, 0) is 0 Å². The van der Waals surface area contributed by atoms with E-state index in [2.05, 4.69) is 15.9 Å². The molecule has 0 unspecified atom stereocenters. The van der Waals surface area contributed by atoms with Crippen LogP contribution in [0.1, 0.15) is 42.9 Å². The van der Waals surface area contributed by atoms with Crippen molar-refractivity contribution < 1.29 is 9.90 Å². The van der Waals surface area contributed by atoms with Gasteiger partial charge < -0.3 is 10.0 Å². The van der Waals surface area contributed by atoms with Gasteiger partial charge in [-0.15, -0.1) is 0 Å². The minimum Gasteiger partial charge on any atom is -0.369 e. The molecule has 0 spiro atoms. The van der Waals surface area contributed by atoms with E-state index in [1.165, 1.54) is 4.90 Å². The largest absolute Gasteiger partial charge is 0.369 e. The van der Waals surface area contributed by atoms with Crippen molar-refractivity contribution in [1.82, 2.24) is 4.90 Å². The predicted octanol–water partition coefficient (Wildman–Crippen LogP) is 2.69. The molecule has 1 N–H and O–H groups in total. The Labute approximate surface area is 103 Å². The highest BCUT2D eigenvalue weighted by Crippen LogP contribution is 2.37. The van der Waals surface area contributed by atoms with Crippen molar-refractivity contribution >= 4 is 21.8 Å². The van der Waals surface area contributed by atoms with Gasteiger partial charge in [0.1, 0.15) is 0 Å². The number of aliphatic hydroxyl groups is 1. The first-order chi connectivity index (χ1) is 7.32. The molecular formula is C12H14BrNO2. The molecular weight excluding hydrogens is 270 g/mol. The summed E-state index contributed by atoms with van der Waals surface area (Å²) in [6, 6.07) is 5.36. The number of fused-ring (bicyclic) bond motifs is 1. The quantitative estimate of drug-likeness (QED) is 0.795. The highest BCUT2D eigenvalue weighted by atomic mass is 79.9. The minimum atomic E-state index is -0.847. The maximum absolute atomic E-state index is 12.1. The van der Waals surface area contributed by atoms with Crippen molar-refractivity contribution in [1.29, 1.82) is 0 Å². The van der Waals surface area contributed by atoms with Gasteiger partial charge in [-0.2, -0.15) is 0 Å². The molecule has 86 valence electrons. The first-order valence-electron chi connectivity index (χ1n) is 5.13. The van der Waals surface area contributed by atoms with Crippen molar-refractivity contribution in [3.05, 3.63) is 33.8 Å². The predicted molar refractivity (Wildman–Crippen MR) is 65.0 cm³/mol. The Bertz CT molecular complexity index is 451. The SMILES string of the molecule is CC(C)(C)N1C(=O)c2ccc(Br)cc2[C@H]1O. The lowest BCUT2D eigenvalue weighted by molar-refractivity contribution is -0.0228. The van der Waals surface area contributed by atoms with Gasteiger partial charge in [-0.1, -0.05) is 15.9 Å². The van der Waals surface area contributed by atoms with Gasteiger partial charge in [-0.05, 0) is 39.0 Å². The summed E-state index contributed by atoms with van der Waals surface area (Å²) in [6.07, 6.45) is -0.847. The van der Waals surface area contributed by atoms with E-state index in [4.69, 9.17) is 0 Å². The van der Waals surface area contributed by atoms with Crippen molar-refractivity contribution in [2.24, 2.45) is 0 Å². The first-order valence-corrected chi connectivity index (χ1v) is 5.93. The molecule has 0 saturated heterocycles. The second-order valence-electron chi connectivity index (χ2n) is 4.95. The van der Waals surface area contributed by atoms with Gasteiger partial charge >= 0.3 is 0 Å². The molecule has 16 heavy (non-hydrogen) atoms. The normalized spacial score (nSPS) is 20.2. The molecule has 1 amide bonds. The van der Waals surface area contributed by atoms with Crippen molar-refractivity contribution in [3.63, 3.8) is 0 Å². The second-order valence-corrected chi connectivity index (χ2v) is 5.87. The topological polar surface area (TPSA) is 40.5 Å². The zero-order valence-electron chi connectivity index (χ0n) is 9.49. The van der Waals surface area contributed by atoms with E-state index in [0.29, 0.717) is 11.1 Å². The standard InChI is InChI=1S/C12H14BrNO2/c1-12(2,3)14-10(15)8-5-4-7(13)6-9(8)11(14)16/h4-6,11,16H,1-3H3/t11-/m1/s1. The Kier molecular flexibility index (Phi) is 2.59. The summed E-state index contributed by atoms with van der Waals surface area (Å²) in [6.45, 7) is 5.74. The highest BCUT2D eigenvalue weighted by Gasteiger charge is 2.41. The maximum atomic E-state index is 12.1. The number of hydrogen-bond donors (Lipinski definition) is 1. The van der Waals surface area contributed by atoms with Crippen LogP contribution in [0, 0.1) is 0 Å². The van der Waals surface area contributed by atoms with Crippen LogP contribution in [0.25, 0.3) is 0 Å². The summed E-state index contributed by atoms with van der Waals surface area (Å²) in [5.74, 6) is -0.109. The number of benzene rings is 1. The molecule has 0 fully saturated rings. The molecule has 0 saturated carbocycles. The van der Waals surface area contributed by atoms with Crippen molar-refractivity contribution in [2.45, 2.75) is 32.5 Å². The Hall–Kier alpha value is -0.870. The lowest BCUT2D eigenvalue weighted by Crippen LogP contribution is -2.43. The maximum Gasteiger partial charge on any atom is 0.257 e. The summed E-state index contributed by atoms with van der Waals surface area (Å²) in [5.41, 5.74) is 0.877.